The lowest BCUT2D eigenvalue weighted by Crippen LogP contribution is -2.56. The van der Waals surface area contributed by atoms with Gasteiger partial charge in [0, 0.05) is 32.2 Å². The molecule has 0 aliphatic rings. The zero-order valence-corrected chi connectivity index (χ0v) is 33.5. The van der Waals surface area contributed by atoms with Gasteiger partial charge in [0.05, 0.1) is 79.5 Å². The van der Waals surface area contributed by atoms with Crippen molar-refractivity contribution in [1.29, 1.82) is 0 Å². The van der Waals surface area contributed by atoms with Crippen LogP contribution in [0.3, 0.4) is 0 Å². The molecule has 0 aliphatic heterocycles. The van der Waals surface area contributed by atoms with Crippen molar-refractivity contribution in [2.75, 3.05) is 105 Å². The van der Waals surface area contributed by atoms with Crippen molar-refractivity contribution in [1.82, 2.24) is 21.3 Å². The van der Waals surface area contributed by atoms with E-state index in [2.05, 4.69) is 30.6 Å². The standard InChI is InChI=1S/C29H59N7O13S3/c1-6-30-26(37)11-7-8-12-27(38)31-15-18-35(4,24-51(42,43)44)19-16-32-28(39)13-9-10-14-29(40)33-17-20-36(5,25-52(45,46)47)22-21-34(2,3)23-50-49-48-41/h6-25H2,1-5H3,(H4-3,30,31,32,33,37,38,39,40,41,42,43,44,45,46,47). The van der Waals surface area contributed by atoms with Crippen LogP contribution in [0.15, 0.2) is 0 Å². The summed E-state index contributed by atoms with van der Waals surface area (Å²) in [4.78, 5) is 48.4. The predicted octanol–water partition coefficient (Wildman–Crippen LogP) is -2.60. The maximum absolute atomic E-state index is 12.4. The zero-order valence-electron chi connectivity index (χ0n) is 31.0. The van der Waals surface area contributed by atoms with E-state index in [1.807, 2.05) is 21.0 Å². The van der Waals surface area contributed by atoms with E-state index in [0.29, 0.717) is 55.6 Å². The summed E-state index contributed by atoms with van der Waals surface area (Å²) in [7, 11) is -2.40. The van der Waals surface area contributed by atoms with Crippen molar-refractivity contribution < 1.29 is 73.2 Å². The van der Waals surface area contributed by atoms with Gasteiger partial charge in [-0.2, -0.15) is 4.33 Å². The van der Waals surface area contributed by atoms with Crippen LogP contribution in [0.5, 0.6) is 0 Å². The molecule has 0 aromatic heterocycles. The number of hydrogen-bond donors (Lipinski definition) is 4. The lowest BCUT2D eigenvalue weighted by atomic mass is 10.2. The van der Waals surface area contributed by atoms with Crippen LogP contribution in [-0.2, 0) is 48.8 Å². The fourth-order valence-corrected chi connectivity index (χ4v) is 7.63. The first-order chi connectivity index (χ1) is 24.0. The molecule has 4 N–H and O–H groups in total. The Morgan fingerprint density at radius 3 is 1.27 bits per heavy atom. The molecule has 52 heavy (non-hydrogen) atoms. The van der Waals surface area contributed by atoms with Gasteiger partial charge in [-0.05, 0) is 32.6 Å². The number of hydrogen-bond acceptors (Lipinski definition) is 14. The lowest BCUT2D eigenvalue weighted by Gasteiger charge is -2.38. The molecule has 20 nitrogen and oxygen atoms in total. The van der Waals surface area contributed by atoms with Crippen LogP contribution in [0.25, 0.3) is 0 Å². The minimum absolute atomic E-state index is 0.0758. The summed E-state index contributed by atoms with van der Waals surface area (Å²) in [5, 5.41) is 24.1. The molecular weight excluding hydrogens is 751 g/mol. The molecule has 23 heteroatoms. The van der Waals surface area contributed by atoms with Gasteiger partial charge in [-0.3, -0.25) is 24.2 Å². The Kier molecular flexibility index (Phi) is 23.9. The molecule has 0 rings (SSSR count). The largest absolute Gasteiger partial charge is 0.744 e. The highest BCUT2D eigenvalue weighted by Gasteiger charge is 2.29. The van der Waals surface area contributed by atoms with E-state index in [0.717, 1.165) is 12.0 Å². The maximum atomic E-state index is 12.4. The quantitative estimate of drug-likeness (QED) is 0.0106. The molecule has 0 radical (unpaired) electrons. The third-order valence-corrected chi connectivity index (χ3v) is 10.9. The van der Waals surface area contributed by atoms with Crippen molar-refractivity contribution in [3.63, 3.8) is 0 Å². The average molecular weight is 810 g/mol. The molecule has 0 bridgehead atoms. The van der Waals surface area contributed by atoms with Gasteiger partial charge in [0.25, 0.3) is 0 Å². The van der Waals surface area contributed by atoms with E-state index in [1.165, 1.54) is 0 Å². The van der Waals surface area contributed by atoms with Crippen LogP contribution in [0.1, 0.15) is 58.3 Å². The smallest absolute Gasteiger partial charge is 0.220 e. The molecule has 0 fully saturated rings. The third kappa shape index (κ3) is 28.3. The maximum Gasteiger partial charge on any atom is 0.220 e. The molecule has 2 atom stereocenters. The van der Waals surface area contributed by atoms with Gasteiger partial charge in [-0.25, -0.2) is 16.8 Å². The van der Waals surface area contributed by atoms with Crippen LogP contribution in [0.4, 0.5) is 0 Å². The van der Waals surface area contributed by atoms with Crippen LogP contribution < -0.4 is 26.5 Å². The summed E-state index contributed by atoms with van der Waals surface area (Å²) in [6.45, 7) is 3.77. The van der Waals surface area contributed by atoms with Crippen LogP contribution >= 0.6 is 12.0 Å². The number of amides is 4. The van der Waals surface area contributed by atoms with Crippen LogP contribution in [0, 0.1) is 0 Å². The molecule has 0 saturated carbocycles. The summed E-state index contributed by atoms with van der Waals surface area (Å²) >= 11 is 0.788. The fourth-order valence-electron chi connectivity index (χ4n) is 5.09. The van der Waals surface area contributed by atoms with Crippen molar-refractivity contribution >= 4 is 55.9 Å². The van der Waals surface area contributed by atoms with E-state index >= 15 is 0 Å². The Morgan fingerprint density at radius 2 is 0.942 bits per heavy atom. The Bertz CT molecular complexity index is 1320. The number of unbranched alkanes of at least 4 members (excludes halogenated alkanes) is 2. The highest BCUT2D eigenvalue weighted by Crippen LogP contribution is 2.13. The molecule has 4 amide bonds. The summed E-state index contributed by atoms with van der Waals surface area (Å²) in [5.74, 6) is -2.05. The summed E-state index contributed by atoms with van der Waals surface area (Å²) in [6, 6.07) is 0. The van der Waals surface area contributed by atoms with Crippen molar-refractivity contribution in [2.24, 2.45) is 0 Å². The zero-order chi connectivity index (χ0) is 39.9. The SMILES string of the molecule is CCNC(=O)CCCCC(=O)NCC[N+](C)(CCNC(=O)CCCCC(=O)NCC[N+](C)(CC[N+](C)(C)CSOO[O-])CS(=O)(=O)[O-])CS(=O)(=O)[O-]. The van der Waals surface area contributed by atoms with Gasteiger partial charge in [0.2, 0.25) is 23.6 Å². The molecule has 0 heterocycles. The third-order valence-electron chi connectivity index (χ3n) is 8.07. The highest BCUT2D eigenvalue weighted by atomic mass is 32.2. The number of carbonyl (C=O) groups excluding carboxylic acids is 4. The molecule has 0 saturated heterocycles. The van der Waals surface area contributed by atoms with E-state index < -0.39 is 32.0 Å². The van der Waals surface area contributed by atoms with Gasteiger partial charge in [-0.1, -0.05) is 0 Å². The molecule has 0 aromatic carbocycles. The number of nitrogens with zero attached hydrogens (tertiary/aromatic N) is 3. The predicted molar refractivity (Wildman–Crippen MR) is 187 cm³/mol. The van der Waals surface area contributed by atoms with E-state index in [1.54, 1.807) is 14.1 Å². The number of likely N-dealkylation sites (N-methyl/N-ethyl adjacent to an activating group) is 3. The summed E-state index contributed by atoms with van der Waals surface area (Å²) in [5.41, 5.74) is 0. The van der Waals surface area contributed by atoms with Gasteiger partial charge in [0.15, 0.2) is 17.6 Å². The first-order valence-electron chi connectivity index (χ1n) is 17.0. The number of quaternary nitrogens is 3. The first kappa shape index (κ1) is 49.8. The van der Waals surface area contributed by atoms with Gasteiger partial charge in [0.1, 0.15) is 33.3 Å². The normalized spacial score (nSPS) is 14.5. The second kappa shape index (κ2) is 25.0. The van der Waals surface area contributed by atoms with Crippen molar-refractivity contribution in [3.8, 4) is 0 Å². The minimum Gasteiger partial charge on any atom is -0.744 e. The second-order valence-electron chi connectivity index (χ2n) is 14.0. The van der Waals surface area contributed by atoms with Gasteiger partial charge >= 0.3 is 0 Å². The Balaban J connectivity index is 4.61. The number of rotatable bonds is 31. The molecule has 0 aliphatic carbocycles. The van der Waals surface area contributed by atoms with E-state index in [4.69, 9.17) is 0 Å². The minimum atomic E-state index is -4.61. The second-order valence-corrected chi connectivity index (χ2v) is 17.3. The van der Waals surface area contributed by atoms with E-state index in [-0.39, 0.29) is 97.7 Å². The summed E-state index contributed by atoms with van der Waals surface area (Å²) < 4.78 is 73.6. The number of nitrogens with one attached hydrogen (secondary N) is 4. The first-order valence-corrected chi connectivity index (χ1v) is 21.1. The topological polar surface area (TPSA) is 272 Å². The average Bonchev–Trinajstić information content (AvgIpc) is 2.99. The molecule has 0 aromatic rings. The molecule has 306 valence electrons. The highest BCUT2D eigenvalue weighted by molar-refractivity contribution is 7.94. The molecule has 0 spiro atoms. The monoisotopic (exact) mass is 809 g/mol. The van der Waals surface area contributed by atoms with Crippen LogP contribution in [0.2, 0.25) is 0 Å². The van der Waals surface area contributed by atoms with E-state index in [9.17, 15) is 50.4 Å². The lowest BCUT2D eigenvalue weighted by molar-refractivity contribution is -0.944. The number of carbonyl (C=O) groups is 4. The molecular formula is C29H59N7O13S3. The fraction of sp³-hybridized carbons (Fsp3) is 0.862. The molecule has 2 unspecified atom stereocenters. The Hall–Kier alpha value is -2.19. The van der Waals surface area contributed by atoms with Crippen LogP contribution in [-0.4, -0.2) is 168 Å². The summed E-state index contributed by atoms with van der Waals surface area (Å²) in [6.07, 6.45) is 2.55. The van der Waals surface area contributed by atoms with Crippen molar-refractivity contribution in [2.45, 2.75) is 58.3 Å². The Morgan fingerprint density at radius 1 is 0.596 bits per heavy atom. The van der Waals surface area contributed by atoms with Gasteiger partial charge in [-0.15, -0.1) is 0 Å². The Labute approximate surface area is 312 Å². The van der Waals surface area contributed by atoms with Crippen molar-refractivity contribution in [3.05, 3.63) is 0 Å². The van der Waals surface area contributed by atoms with Gasteiger partial charge < -0.3 is 49.1 Å².